The molecule has 63 heavy (non-hydrogen) atoms. The third-order valence-corrected chi connectivity index (χ3v) is 6.00. The summed E-state index contributed by atoms with van der Waals surface area (Å²) in [4.78, 5) is 48.8. The summed E-state index contributed by atoms with van der Waals surface area (Å²) in [5.74, 6) is 0.898. The van der Waals surface area contributed by atoms with Gasteiger partial charge in [0.25, 0.3) is 0 Å². The predicted octanol–water partition coefficient (Wildman–Crippen LogP) is 20.2. The number of aryl methyl sites for hydroxylation is 4. The molecule has 0 aliphatic heterocycles. The van der Waals surface area contributed by atoms with Crippen LogP contribution in [-0.4, -0.2) is 18.5 Å². The monoisotopic (exact) mass is 901 g/mol. The summed E-state index contributed by atoms with van der Waals surface area (Å²) in [5, 5.41) is 0. The van der Waals surface area contributed by atoms with Gasteiger partial charge in [-0.25, -0.2) is 0 Å². The molecule has 0 spiro atoms. The van der Waals surface area contributed by atoms with Gasteiger partial charge in [-0.05, 0) is 48.8 Å². The highest BCUT2D eigenvalue weighted by Crippen LogP contribution is 2.05. The number of unbranched alkanes of at least 4 members (excludes halogenated alkanes) is 2. The van der Waals surface area contributed by atoms with Crippen LogP contribution in [0, 0.1) is 12.8 Å². The van der Waals surface area contributed by atoms with E-state index >= 15 is 0 Å². The van der Waals surface area contributed by atoms with E-state index in [1.165, 1.54) is 99.3 Å². The van der Waals surface area contributed by atoms with Gasteiger partial charge in [0.05, 0.1) is 0 Å². The van der Waals surface area contributed by atoms with Gasteiger partial charge < -0.3 is 0 Å². The van der Waals surface area contributed by atoms with Crippen LogP contribution in [0.1, 0.15) is 238 Å². The third-order valence-electron chi connectivity index (χ3n) is 6.00. The van der Waals surface area contributed by atoms with Gasteiger partial charge in [-0.1, -0.05) is 307 Å². The number of hydrogen-bond donors (Lipinski definition) is 0. The fraction of sp³-hybridized carbons (Fsp3) is 0.632. The molecule has 0 N–H and O–H groups in total. The quantitative estimate of drug-likeness (QED) is 0.201. The minimum atomic E-state index is 0. The van der Waals surface area contributed by atoms with Crippen molar-refractivity contribution in [1.82, 2.24) is 0 Å². The van der Waals surface area contributed by atoms with Crippen LogP contribution in [0.15, 0.2) is 84.9 Å². The fourth-order valence-electron chi connectivity index (χ4n) is 3.84. The fourth-order valence-corrected chi connectivity index (χ4v) is 3.84. The normalized spacial score (nSPS) is 6.54. The van der Waals surface area contributed by atoms with Crippen molar-refractivity contribution in [3.8, 4) is 0 Å². The van der Waals surface area contributed by atoms with Crippen molar-refractivity contribution in [3.63, 3.8) is 0 Å². The lowest BCUT2D eigenvalue weighted by Gasteiger charge is -1.97. The largest absolute Gasteiger partial charge is 0.373 e. The van der Waals surface area contributed by atoms with Gasteiger partial charge in [0.15, 0.2) is 0 Å². The molecule has 0 radical (unpaired) electrons. The standard InChI is InChI=1S/C10H14.2C9H12.C6H14.C5H12.C3H8.3CO2.12CH4/c1-3-4-10-7-5-9(2)6-8-10;2*1-2-6-9-7-4-3-5-8-9;1-4-5-6(2)3;1-3-5-4-2;1-3-2;3*2-1-3;;;;;;;;;;;;/h5-8H,3-4H2,1-2H3;2*3-5,7-8H,2,6H2,1H3;6H,4-5H2,1-3H3;3-5H2,1-2H3;3H2,1-2H3;;;;12*1H4. The molecule has 6 nitrogen and oxygen atoms in total. The lowest BCUT2D eigenvalue weighted by molar-refractivity contribution is -0.193. The Morgan fingerprint density at radius 3 is 0.730 bits per heavy atom. The molecule has 0 aliphatic rings. The van der Waals surface area contributed by atoms with Crippen LogP contribution >= 0.6 is 0 Å². The molecule has 0 unspecified atom stereocenters. The molecule has 0 atom stereocenters. The molecule has 3 rings (SSSR count). The van der Waals surface area contributed by atoms with E-state index in [0.29, 0.717) is 0 Å². The maximum atomic E-state index is 8.12. The molecular formula is C57H120O6. The van der Waals surface area contributed by atoms with Crippen LogP contribution in [0.5, 0.6) is 0 Å². The Morgan fingerprint density at radius 1 is 0.365 bits per heavy atom. The van der Waals surface area contributed by atoms with Crippen molar-refractivity contribution in [3.05, 3.63) is 107 Å². The van der Waals surface area contributed by atoms with E-state index in [1.807, 2.05) is 0 Å². The van der Waals surface area contributed by atoms with Gasteiger partial charge in [-0.3, -0.25) is 0 Å². The van der Waals surface area contributed by atoms with Crippen molar-refractivity contribution >= 4 is 18.5 Å². The van der Waals surface area contributed by atoms with Crippen molar-refractivity contribution in [1.29, 1.82) is 0 Å². The number of benzene rings is 3. The second kappa shape index (κ2) is 118. The molecule has 0 bridgehead atoms. The molecule has 0 amide bonds. The maximum Gasteiger partial charge on any atom is 0.373 e. The van der Waals surface area contributed by atoms with Crippen LogP contribution in [0.2, 0.25) is 0 Å². The van der Waals surface area contributed by atoms with E-state index in [4.69, 9.17) is 28.8 Å². The van der Waals surface area contributed by atoms with Crippen molar-refractivity contribution in [2.45, 2.75) is 242 Å². The summed E-state index contributed by atoms with van der Waals surface area (Å²) in [6.45, 7) is 24.1. The second-order valence-corrected chi connectivity index (χ2v) is 11.7. The SMILES string of the molecule is C.C.C.C.C.C.C.C.C.C.C.C.CCC.CCCC(C)C.CCCCC.CCCc1ccc(C)cc1.CCCc1ccccc1.CCCc1ccccc1.O=C=O.O=C=O.O=C=O. The zero-order chi connectivity index (χ0) is 40.4. The van der Waals surface area contributed by atoms with Gasteiger partial charge in [0.1, 0.15) is 0 Å². The van der Waals surface area contributed by atoms with Crippen LogP contribution in [0.25, 0.3) is 0 Å². The average molecular weight is 902 g/mol. The Hall–Kier alpha value is -4.20. The van der Waals surface area contributed by atoms with E-state index in [-0.39, 0.29) is 108 Å². The van der Waals surface area contributed by atoms with E-state index < -0.39 is 0 Å². The summed E-state index contributed by atoms with van der Waals surface area (Å²) < 4.78 is 0. The highest BCUT2D eigenvalue weighted by atomic mass is 16.2. The van der Waals surface area contributed by atoms with Gasteiger partial charge in [0.2, 0.25) is 0 Å². The Labute approximate surface area is 401 Å². The molecule has 0 aliphatic carbocycles. The topological polar surface area (TPSA) is 102 Å². The Bertz CT molecular complexity index is 1040. The van der Waals surface area contributed by atoms with Crippen molar-refractivity contribution in [2.75, 3.05) is 0 Å². The van der Waals surface area contributed by atoms with Gasteiger partial charge >= 0.3 is 18.5 Å². The highest BCUT2D eigenvalue weighted by molar-refractivity contribution is 5.21. The van der Waals surface area contributed by atoms with E-state index in [9.17, 15) is 0 Å². The molecule has 0 saturated heterocycles. The molecule has 0 fully saturated rings. The minimum absolute atomic E-state index is 0. The Balaban J connectivity index is -0.0000000228. The summed E-state index contributed by atoms with van der Waals surface area (Å²) in [6.07, 6.45) is 16.1. The summed E-state index contributed by atoms with van der Waals surface area (Å²) >= 11 is 0. The van der Waals surface area contributed by atoms with Crippen molar-refractivity contribution in [2.24, 2.45) is 5.92 Å². The first-order valence-corrected chi connectivity index (χ1v) is 18.6. The second-order valence-electron chi connectivity index (χ2n) is 11.7. The first-order valence-electron chi connectivity index (χ1n) is 18.6. The van der Waals surface area contributed by atoms with E-state index in [1.54, 1.807) is 0 Å². The first kappa shape index (κ1) is 118. The van der Waals surface area contributed by atoms with Gasteiger partial charge in [-0.15, -0.1) is 0 Å². The molecule has 3 aromatic carbocycles. The van der Waals surface area contributed by atoms with Crippen LogP contribution in [0.3, 0.4) is 0 Å². The zero-order valence-corrected chi connectivity index (χ0v) is 34.1. The summed E-state index contributed by atoms with van der Waals surface area (Å²) in [5.41, 5.74) is 5.69. The average Bonchev–Trinajstić information content (AvgIpc) is 3.10. The molecule has 3 aromatic rings. The predicted molar refractivity (Wildman–Crippen MR) is 293 cm³/mol. The van der Waals surface area contributed by atoms with Crippen molar-refractivity contribution < 1.29 is 28.8 Å². The van der Waals surface area contributed by atoms with E-state index in [0.717, 1.165) is 5.92 Å². The minimum Gasteiger partial charge on any atom is -0.186 e. The zero-order valence-electron chi connectivity index (χ0n) is 34.1. The number of carbonyl (C=O) groups excluding carboxylic acids is 6. The molecular weight excluding hydrogens is 781 g/mol. The Morgan fingerprint density at radius 2 is 0.587 bits per heavy atom. The maximum absolute atomic E-state index is 8.12. The summed E-state index contributed by atoms with van der Waals surface area (Å²) in [7, 11) is 0. The molecule has 6 heteroatoms. The summed E-state index contributed by atoms with van der Waals surface area (Å²) in [6, 6.07) is 29.9. The molecule has 0 aromatic heterocycles. The van der Waals surface area contributed by atoms with Gasteiger partial charge in [0, 0.05) is 0 Å². The first-order chi connectivity index (χ1) is 24.5. The van der Waals surface area contributed by atoms with Crippen LogP contribution in [-0.2, 0) is 48.0 Å². The smallest absolute Gasteiger partial charge is 0.186 e. The molecule has 0 heterocycles. The lowest BCUT2D eigenvalue weighted by atomic mass is 10.1. The number of rotatable bonds is 10. The number of hydrogen-bond acceptors (Lipinski definition) is 6. The van der Waals surface area contributed by atoms with Crippen LogP contribution in [0.4, 0.5) is 0 Å². The molecule has 0 saturated carbocycles. The van der Waals surface area contributed by atoms with Gasteiger partial charge in [-0.2, -0.15) is 28.8 Å². The van der Waals surface area contributed by atoms with E-state index in [2.05, 4.69) is 161 Å². The Kier molecular flexibility index (Phi) is 221. The highest BCUT2D eigenvalue weighted by Gasteiger charge is 1.88. The van der Waals surface area contributed by atoms with Crippen LogP contribution < -0.4 is 0 Å². The third kappa shape index (κ3) is 140. The molecule has 384 valence electrons. The lowest BCUT2D eigenvalue weighted by Crippen LogP contribution is -1.81.